The number of hydrogen-bond acceptors (Lipinski definition) is 5. The lowest BCUT2D eigenvalue weighted by atomic mass is 9.91. The van der Waals surface area contributed by atoms with Crippen molar-refractivity contribution >= 4 is 39.2 Å². The van der Waals surface area contributed by atoms with Gasteiger partial charge in [0.25, 0.3) is 0 Å². The van der Waals surface area contributed by atoms with Crippen molar-refractivity contribution in [2.24, 2.45) is 5.92 Å². The number of hydrogen-bond donors (Lipinski definition) is 2. The van der Waals surface area contributed by atoms with E-state index < -0.39 is 5.92 Å². The number of aromatic amines is 1. The Labute approximate surface area is 184 Å². The Morgan fingerprint density at radius 1 is 1.39 bits per heavy atom. The molecule has 164 valence electrons. The minimum absolute atomic E-state index is 0.0451. The number of likely N-dealkylation sites (tertiary alicyclic amines) is 1. The lowest BCUT2D eigenvalue weighted by molar-refractivity contribution is -0.128. The summed E-state index contributed by atoms with van der Waals surface area (Å²) < 4.78 is 13.6. The van der Waals surface area contributed by atoms with E-state index in [1.165, 1.54) is 23.5 Å². The summed E-state index contributed by atoms with van der Waals surface area (Å²) in [6, 6.07) is 4.62. The molecule has 7 nitrogen and oxygen atoms in total. The number of nitrogens with zero attached hydrogens (tertiary/aromatic N) is 3. The molecule has 0 aliphatic carbocycles. The topological polar surface area (TPSA) is 91.0 Å². The standard InChI is InChI=1S/C22H26FN5O2S/c1-4-22(2,3)20-26-27-21(31-20)25-19(30)14-9-18(29)28(12-14)8-7-13-11-24-17-6-5-15(23)10-16(13)17/h5-6,10-11,14,24H,4,7-9,12H2,1-3H3,(H,25,27,30). The second-order valence-corrected chi connectivity index (χ2v) is 9.61. The summed E-state index contributed by atoms with van der Waals surface area (Å²) >= 11 is 1.38. The van der Waals surface area contributed by atoms with E-state index in [0.29, 0.717) is 24.6 Å². The van der Waals surface area contributed by atoms with Gasteiger partial charge in [-0.1, -0.05) is 32.1 Å². The second kappa shape index (κ2) is 8.37. The Balaban J connectivity index is 1.35. The first kappa shape index (κ1) is 21.4. The van der Waals surface area contributed by atoms with Crippen LogP contribution < -0.4 is 5.32 Å². The zero-order valence-electron chi connectivity index (χ0n) is 17.9. The highest BCUT2D eigenvalue weighted by molar-refractivity contribution is 7.15. The number of nitrogens with one attached hydrogen (secondary N) is 2. The van der Waals surface area contributed by atoms with Crippen LogP contribution in [-0.2, 0) is 21.4 Å². The van der Waals surface area contributed by atoms with E-state index in [2.05, 4.69) is 41.3 Å². The molecule has 1 unspecified atom stereocenters. The Morgan fingerprint density at radius 2 is 2.19 bits per heavy atom. The fraction of sp³-hybridized carbons (Fsp3) is 0.455. The average molecular weight is 444 g/mol. The van der Waals surface area contributed by atoms with E-state index >= 15 is 0 Å². The molecule has 1 aliphatic rings. The Kier molecular flexibility index (Phi) is 5.79. The maximum Gasteiger partial charge on any atom is 0.231 e. The third-order valence-electron chi connectivity index (χ3n) is 6.08. The van der Waals surface area contributed by atoms with Crippen LogP contribution in [-0.4, -0.2) is 45.0 Å². The largest absolute Gasteiger partial charge is 0.361 e. The van der Waals surface area contributed by atoms with E-state index in [1.807, 2.05) is 6.20 Å². The van der Waals surface area contributed by atoms with Crippen LogP contribution in [0.25, 0.3) is 10.9 Å². The van der Waals surface area contributed by atoms with Crippen molar-refractivity contribution in [2.45, 2.75) is 45.4 Å². The Bertz CT molecular complexity index is 1120. The van der Waals surface area contributed by atoms with Gasteiger partial charge in [-0.2, -0.15) is 0 Å². The van der Waals surface area contributed by atoms with Crippen LogP contribution >= 0.6 is 11.3 Å². The molecule has 3 heterocycles. The molecule has 0 bridgehead atoms. The molecule has 2 N–H and O–H groups in total. The van der Waals surface area contributed by atoms with Gasteiger partial charge >= 0.3 is 0 Å². The first-order chi connectivity index (χ1) is 14.8. The number of amides is 2. The summed E-state index contributed by atoms with van der Waals surface area (Å²) in [5.41, 5.74) is 1.73. The molecule has 2 aromatic heterocycles. The molecule has 0 radical (unpaired) electrons. The number of rotatable bonds is 7. The van der Waals surface area contributed by atoms with Crippen molar-refractivity contribution in [1.82, 2.24) is 20.1 Å². The molecular formula is C22H26FN5O2S. The summed E-state index contributed by atoms with van der Waals surface area (Å²) in [7, 11) is 0. The lowest BCUT2D eigenvalue weighted by Crippen LogP contribution is -2.30. The fourth-order valence-corrected chi connectivity index (χ4v) is 4.60. The third kappa shape index (κ3) is 4.46. The lowest BCUT2D eigenvalue weighted by Gasteiger charge is -2.17. The van der Waals surface area contributed by atoms with E-state index in [1.54, 1.807) is 11.0 Å². The zero-order chi connectivity index (χ0) is 22.2. The number of fused-ring (bicyclic) bond motifs is 1. The number of carbonyl (C=O) groups is 2. The third-order valence-corrected chi connectivity index (χ3v) is 7.29. The molecule has 1 atom stereocenters. The predicted octanol–water partition coefficient (Wildman–Crippen LogP) is 3.88. The van der Waals surface area contributed by atoms with E-state index in [-0.39, 0.29) is 29.5 Å². The molecule has 2 amide bonds. The van der Waals surface area contributed by atoms with Crippen LogP contribution in [0.2, 0.25) is 0 Å². The van der Waals surface area contributed by atoms with Gasteiger partial charge in [-0.05, 0) is 36.6 Å². The number of anilines is 1. The average Bonchev–Trinajstić information content (AvgIpc) is 3.45. The molecule has 3 aromatic rings. The maximum atomic E-state index is 13.6. The van der Waals surface area contributed by atoms with Crippen LogP contribution in [0.3, 0.4) is 0 Å². The van der Waals surface area contributed by atoms with Crippen LogP contribution in [0.4, 0.5) is 9.52 Å². The molecule has 31 heavy (non-hydrogen) atoms. The van der Waals surface area contributed by atoms with Gasteiger partial charge in [-0.25, -0.2) is 4.39 Å². The predicted molar refractivity (Wildman–Crippen MR) is 119 cm³/mol. The zero-order valence-corrected chi connectivity index (χ0v) is 18.7. The highest BCUT2D eigenvalue weighted by atomic mass is 32.1. The van der Waals surface area contributed by atoms with Crippen molar-refractivity contribution < 1.29 is 14.0 Å². The quantitative estimate of drug-likeness (QED) is 0.580. The van der Waals surface area contributed by atoms with Crippen LogP contribution in [0, 0.1) is 11.7 Å². The van der Waals surface area contributed by atoms with E-state index in [9.17, 15) is 14.0 Å². The number of benzene rings is 1. The molecule has 1 aromatic carbocycles. The van der Waals surface area contributed by atoms with Crippen molar-refractivity contribution in [1.29, 1.82) is 0 Å². The minimum Gasteiger partial charge on any atom is -0.361 e. The smallest absolute Gasteiger partial charge is 0.231 e. The number of halogens is 1. The summed E-state index contributed by atoms with van der Waals surface area (Å²) in [6.07, 6.45) is 3.54. The number of aromatic nitrogens is 3. The van der Waals surface area contributed by atoms with E-state index in [0.717, 1.165) is 27.9 Å². The molecule has 1 fully saturated rings. The van der Waals surface area contributed by atoms with Crippen LogP contribution in [0.1, 0.15) is 44.2 Å². The summed E-state index contributed by atoms with van der Waals surface area (Å²) in [4.78, 5) is 30.0. The van der Waals surface area contributed by atoms with Crippen molar-refractivity contribution in [2.75, 3.05) is 18.4 Å². The highest BCUT2D eigenvalue weighted by Crippen LogP contribution is 2.31. The highest BCUT2D eigenvalue weighted by Gasteiger charge is 2.34. The van der Waals surface area contributed by atoms with Crippen molar-refractivity contribution in [3.63, 3.8) is 0 Å². The molecule has 1 saturated heterocycles. The van der Waals surface area contributed by atoms with Crippen LogP contribution in [0.15, 0.2) is 24.4 Å². The van der Waals surface area contributed by atoms with E-state index in [4.69, 9.17) is 0 Å². The SMILES string of the molecule is CCC(C)(C)c1nnc(NC(=O)C2CC(=O)N(CCc3c[nH]c4ccc(F)cc34)C2)s1. The summed E-state index contributed by atoms with van der Waals surface area (Å²) in [6.45, 7) is 7.13. The van der Waals surface area contributed by atoms with Crippen LogP contribution in [0.5, 0.6) is 0 Å². The van der Waals surface area contributed by atoms with Gasteiger partial charge in [-0.3, -0.25) is 9.59 Å². The van der Waals surface area contributed by atoms with Gasteiger partial charge in [0.2, 0.25) is 16.9 Å². The minimum atomic E-state index is -0.417. The second-order valence-electron chi connectivity index (χ2n) is 8.63. The first-order valence-electron chi connectivity index (χ1n) is 10.4. The number of H-pyrrole nitrogens is 1. The van der Waals surface area contributed by atoms with Gasteiger partial charge in [-0.15, -0.1) is 10.2 Å². The molecule has 4 rings (SSSR count). The van der Waals surface area contributed by atoms with Gasteiger partial charge in [0, 0.05) is 42.0 Å². The fourth-order valence-electron chi connectivity index (χ4n) is 3.68. The summed E-state index contributed by atoms with van der Waals surface area (Å²) in [5.74, 6) is -0.956. The monoisotopic (exact) mass is 443 g/mol. The maximum absolute atomic E-state index is 13.6. The van der Waals surface area contributed by atoms with Crippen molar-refractivity contribution in [3.05, 3.63) is 40.8 Å². The Morgan fingerprint density at radius 3 is 2.97 bits per heavy atom. The molecular weight excluding hydrogens is 417 g/mol. The molecule has 1 aliphatic heterocycles. The number of carbonyl (C=O) groups excluding carboxylic acids is 2. The molecule has 0 spiro atoms. The molecule has 9 heteroatoms. The summed E-state index contributed by atoms with van der Waals surface area (Å²) in [5, 5.41) is 13.3. The van der Waals surface area contributed by atoms with Gasteiger partial charge in [0.15, 0.2) is 0 Å². The van der Waals surface area contributed by atoms with Gasteiger partial charge in [0.05, 0.1) is 5.92 Å². The Hall–Kier alpha value is -2.81. The van der Waals surface area contributed by atoms with Gasteiger partial charge < -0.3 is 15.2 Å². The molecule has 0 saturated carbocycles. The first-order valence-corrected chi connectivity index (χ1v) is 11.3. The van der Waals surface area contributed by atoms with Gasteiger partial charge in [0.1, 0.15) is 10.8 Å². The normalized spacial score (nSPS) is 17.0. The van der Waals surface area contributed by atoms with Crippen molar-refractivity contribution in [3.8, 4) is 0 Å².